The van der Waals surface area contributed by atoms with Gasteiger partial charge in [0.1, 0.15) is 22.9 Å². The minimum absolute atomic E-state index is 0.186. The van der Waals surface area contributed by atoms with Gasteiger partial charge in [0.2, 0.25) is 0 Å². The number of aryl methyl sites for hydroxylation is 1. The molecule has 1 N–H and O–H groups in total. The van der Waals surface area contributed by atoms with Crippen LogP contribution in [0.15, 0.2) is 34.4 Å². The van der Waals surface area contributed by atoms with Crippen molar-refractivity contribution in [3.8, 4) is 5.75 Å². The quantitative estimate of drug-likeness (QED) is 0.650. The second-order valence-corrected chi connectivity index (χ2v) is 8.63. The highest BCUT2D eigenvalue weighted by Crippen LogP contribution is 2.43. The first-order valence-electron chi connectivity index (χ1n) is 9.63. The molecule has 0 unspecified atom stereocenters. The van der Waals surface area contributed by atoms with Crippen LogP contribution in [0.3, 0.4) is 0 Å². The van der Waals surface area contributed by atoms with E-state index < -0.39 is 6.04 Å². The molecule has 158 valence electrons. The third-order valence-corrected chi connectivity index (χ3v) is 6.48. The van der Waals surface area contributed by atoms with Crippen LogP contribution in [0.2, 0.25) is 5.02 Å². The first-order chi connectivity index (χ1) is 14.5. The molecule has 30 heavy (non-hydrogen) atoms. The Hall–Kier alpha value is -2.52. The van der Waals surface area contributed by atoms with Crippen molar-refractivity contribution in [2.75, 3.05) is 12.4 Å². The number of hydrogen-bond acceptors (Lipinski definition) is 7. The Morgan fingerprint density at radius 2 is 2.17 bits per heavy atom. The maximum atomic E-state index is 12.8. The Balaban J connectivity index is 1.39. The maximum Gasteiger partial charge on any atom is 0.274 e. The summed E-state index contributed by atoms with van der Waals surface area (Å²) in [6, 6.07) is 6.11. The van der Waals surface area contributed by atoms with Crippen molar-refractivity contribution in [1.82, 2.24) is 20.4 Å². The number of carbonyl (C=O) groups is 2. The van der Waals surface area contributed by atoms with Crippen molar-refractivity contribution in [2.24, 2.45) is 0 Å². The summed E-state index contributed by atoms with van der Waals surface area (Å²) in [5.74, 6) is 1.66. The number of ether oxygens (including phenoxy) is 1. The summed E-state index contributed by atoms with van der Waals surface area (Å²) >= 11 is 7.43. The SMILES string of the molecule is CCCc1noc(C2=C(C)CS[C@@H]3[C@H](NC(=O)COc4ccc(Cl)cc4)C(=O)N23)n1. The van der Waals surface area contributed by atoms with Gasteiger partial charge in [0.25, 0.3) is 17.7 Å². The molecule has 2 atom stereocenters. The van der Waals surface area contributed by atoms with Crippen LogP contribution in [-0.2, 0) is 16.0 Å². The predicted molar refractivity (Wildman–Crippen MR) is 113 cm³/mol. The molecule has 2 aliphatic rings. The van der Waals surface area contributed by atoms with Gasteiger partial charge in [-0.25, -0.2) is 0 Å². The monoisotopic (exact) mass is 448 g/mol. The lowest BCUT2D eigenvalue weighted by molar-refractivity contribution is -0.144. The lowest BCUT2D eigenvalue weighted by atomic mass is 10.0. The van der Waals surface area contributed by atoms with Gasteiger partial charge in [-0.15, -0.1) is 11.8 Å². The Bertz CT molecular complexity index is 991. The average molecular weight is 449 g/mol. The Morgan fingerprint density at radius 3 is 2.90 bits per heavy atom. The number of thioether (sulfide) groups is 1. The van der Waals surface area contributed by atoms with E-state index in [1.54, 1.807) is 40.9 Å². The van der Waals surface area contributed by atoms with Crippen molar-refractivity contribution in [3.05, 3.63) is 46.6 Å². The number of fused-ring (bicyclic) bond motifs is 1. The fraction of sp³-hybridized carbons (Fsp3) is 0.400. The van der Waals surface area contributed by atoms with Crippen LogP contribution in [0.25, 0.3) is 5.70 Å². The lowest BCUT2D eigenvalue weighted by Crippen LogP contribution is -2.69. The molecule has 2 amide bonds. The molecule has 2 aromatic rings. The van der Waals surface area contributed by atoms with Gasteiger partial charge in [-0.05, 0) is 43.2 Å². The summed E-state index contributed by atoms with van der Waals surface area (Å²) in [6.07, 6.45) is 1.62. The van der Waals surface area contributed by atoms with Crippen LogP contribution in [-0.4, -0.2) is 50.6 Å². The number of carbonyl (C=O) groups excluding carboxylic acids is 2. The van der Waals surface area contributed by atoms with E-state index in [-0.39, 0.29) is 23.8 Å². The van der Waals surface area contributed by atoms with Crippen LogP contribution in [0.1, 0.15) is 32.0 Å². The van der Waals surface area contributed by atoms with Crippen LogP contribution in [0.4, 0.5) is 0 Å². The average Bonchev–Trinajstić information content (AvgIpc) is 3.20. The summed E-state index contributed by atoms with van der Waals surface area (Å²) in [7, 11) is 0. The molecule has 0 spiro atoms. The number of amides is 2. The molecule has 1 aromatic heterocycles. The number of halogens is 1. The van der Waals surface area contributed by atoms with E-state index in [9.17, 15) is 9.59 Å². The second-order valence-electron chi connectivity index (χ2n) is 7.09. The number of β-lactam (4-membered cyclic amide) rings is 1. The first kappa shape index (κ1) is 20.7. The third-order valence-electron chi connectivity index (χ3n) is 4.80. The standard InChI is InChI=1S/C20H21ClN4O4S/c1-3-4-14-22-18(29-24-14)17-11(2)10-30-20-16(19(27)25(17)20)23-15(26)9-28-13-7-5-12(21)6-8-13/h5-8,16,20H,3-4,9-10H2,1-2H3,(H,23,26)/t16-,20-/m1/s1. The molecule has 1 aromatic carbocycles. The highest BCUT2D eigenvalue weighted by Gasteiger charge is 2.53. The smallest absolute Gasteiger partial charge is 0.274 e. The van der Waals surface area contributed by atoms with Crippen LogP contribution >= 0.6 is 23.4 Å². The van der Waals surface area contributed by atoms with Crippen molar-refractivity contribution in [1.29, 1.82) is 0 Å². The zero-order valence-corrected chi connectivity index (χ0v) is 18.1. The molecule has 0 radical (unpaired) electrons. The zero-order valence-electron chi connectivity index (χ0n) is 16.6. The number of benzene rings is 1. The van der Waals surface area contributed by atoms with Gasteiger partial charge >= 0.3 is 0 Å². The largest absolute Gasteiger partial charge is 0.484 e. The van der Waals surface area contributed by atoms with Crippen LogP contribution in [0.5, 0.6) is 5.75 Å². The zero-order chi connectivity index (χ0) is 21.3. The topological polar surface area (TPSA) is 97.6 Å². The summed E-state index contributed by atoms with van der Waals surface area (Å²) in [5.41, 5.74) is 1.65. The summed E-state index contributed by atoms with van der Waals surface area (Å²) < 4.78 is 10.9. The first-order valence-corrected chi connectivity index (χ1v) is 11.1. The number of hydrogen-bond donors (Lipinski definition) is 1. The molecule has 10 heteroatoms. The minimum atomic E-state index is -0.613. The van der Waals surface area contributed by atoms with E-state index in [1.165, 1.54) is 0 Å². The van der Waals surface area contributed by atoms with E-state index in [1.807, 2.05) is 13.8 Å². The van der Waals surface area contributed by atoms with Gasteiger partial charge < -0.3 is 14.6 Å². The Labute approximate surface area is 183 Å². The van der Waals surface area contributed by atoms with Gasteiger partial charge in [0.15, 0.2) is 12.4 Å². The summed E-state index contributed by atoms with van der Waals surface area (Å²) in [6.45, 7) is 3.80. The van der Waals surface area contributed by atoms with Crippen molar-refractivity contribution >= 4 is 40.9 Å². The molecule has 4 rings (SSSR count). The van der Waals surface area contributed by atoms with Crippen molar-refractivity contribution in [3.63, 3.8) is 0 Å². The predicted octanol–water partition coefficient (Wildman–Crippen LogP) is 2.89. The third kappa shape index (κ3) is 4.04. The van der Waals surface area contributed by atoms with Crippen molar-refractivity contribution in [2.45, 2.75) is 38.1 Å². The van der Waals surface area contributed by atoms with Gasteiger partial charge in [-0.1, -0.05) is 23.7 Å². The van der Waals surface area contributed by atoms with E-state index in [0.717, 1.165) is 12.0 Å². The number of nitrogens with one attached hydrogen (secondary N) is 1. The number of aromatic nitrogens is 2. The molecule has 0 aliphatic carbocycles. The van der Waals surface area contributed by atoms with Gasteiger partial charge in [-0.3, -0.25) is 14.5 Å². The molecule has 1 saturated heterocycles. The van der Waals surface area contributed by atoms with E-state index in [4.69, 9.17) is 20.9 Å². The van der Waals surface area contributed by atoms with Gasteiger partial charge in [0.05, 0.1) is 0 Å². The number of nitrogens with zero attached hydrogens (tertiary/aromatic N) is 3. The van der Waals surface area contributed by atoms with E-state index in [0.29, 0.717) is 40.4 Å². The van der Waals surface area contributed by atoms with Crippen LogP contribution < -0.4 is 10.1 Å². The molecule has 8 nitrogen and oxygen atoms in total. The maximum absolute atomic E-state index is 12.8. The fourth-order valence-corrected chi connectivity index (χ4v) is 4.76. The summed E-state index contributed by atoms with van der Waals surface area (Å²) in [5, 5.41) is 7.13. The highest BCUT2D eigenvalue weighted by atomic mass is 35.5. The normalized spacial score (nSPS) is 20.6. The lowest BCUT2D eigenvalue weighted by Gasteiger charge is -2.49. The van der Waals surface area contributed by atoms with Crippen LogP contribution in [0, 0.1) is 0 Å². The highest BCUT2D eigenvalue weighted by molar-refractivity contribution is 8.00. The van der Waals surface area contributed by atoms with Gasteiger partial charge in [-0.2, -0.15) is 4.98 Å². The van der Waals surface area contributed by atoms with E-state index >= 15 is 0 Å². The molecular formula is C20H21ClN4O4S. The summed E-state index contributed by atoms with van der Waals surface area (Å²) in [4.78, 5) is 31.2. The Kier molecular flexibility index (Phi) is 6.01. The molecule has 2 aliphatic heterocycles. The molecule has 0 bridgehead atoms. The van der Waals surface area contributed by atoms with Gasteiger partial charge in [0, 0.05) is 17.2 Å². The van der Waals surface area contributed by atoms with Crippen molar-refractivity contribution < 1.29 is 18.8 Å². The Morgan fingerprint density at radius 1 is 1.40 bits per heavy atom. The molecule has 0 saturated carbocycles. The second kappa shape index (κ2) is 8.69. The molecule has 1 fully saturated rings. The molecule has 3 heterocycles. The molecular weight excluding hydrogens is 428 g/mol. The fourth-order valence-electron chi connectivity index (χ4n) is 3.35. The minimum Gasteiger partial charge on any atom is -0.484 e. The number of rotatable bonds is 7. The van der Waals surface area contributed by atoms with E-state index in [2.05, 4.69) is 15.5 Å².